The van der Waals surface area contributed by atoms with Gasteiger partial charge in [0, 0.05) is 19.7 Å². The van der Waals surface area contributed by atoms with Gasteiger partial charge in [-0.15, -0.1) is 6.58 Å². The molecule has 2 aromatic carbocycles. The van der Waals surface area contributed by atoms with E-state index >= 15 is 0 Å². The Morgan fingerprint density at radius 3 is 2.38 bits per heavy atom. The van der Waals surface area contributed by atoms with Crippen LogP contribution in [0.15, 0.2) is 79.6 Å². The fourth-order valence-corrected chi connectivity index (χ4v) is 7.11. The summed E-state index contributed by atoms with van der Waals surface area (Å²) < 4.78 is 33.5. The second-order valence-electron chi connectivity index (χ2n) is 10.9. The van der Waals surface area contributed by atoms with Crippen LogP contribution in [0.5, 0.6) is 0 Å². The Kier molecular flexibility index (Phi) is 14.0. The van der Waals surface area contributed by atoms with E-state index in [-0.39, 0.29) is 38.5 Å². The van der Waals surface area contributed by atoms with Gasteiger partial charge < -0.3 is 34.9 Å². The van der Waals surface area contributed by atoms with Gasteiger partial charge in [0.15, 0.2) is 23.3 Å². The zero-order valence-corrected chi connectivity index (χ0v) is 28.2. The smallest absolute Gasteiger partial charge is 0.323 e. The molecule has 4 aromatic rings. The number of ether oxygens (including phenoxy) is 3. The Morgan fingerprint density at radius 2 is 1.73 bits per heavy atom. The van der Waals surface area contributed by atoms with Crippen molar-refractivity contribution in [3.63, 3.8) is 0 Å². The number of esters is 1. The molecule has 0 fully saturated rings. The molecule has 2 heterocycles. The molecule has 0 bridgehead atoms. The predicted octanol–water partition coefficient (Wildman–Crippen LogP) is 3.49. The summed E-state index contributed by atoms with van der Waals surface area (Å²) in [6, 6.07) is 17.0. The van der Waals surface area contributed by atoms with Gasteiger partial charge in [-0.05, 0) is 37.8 Å². The van der Waals surface area contributed by atoms with Gasteiger partial charge in [-0.2, -0.15) is 9.97 Å². The molecule has 2 aromatic heterocycles. The molecule has 0 radical (unpaired) electrons. The van der Waals surface area contributed by atoms with Crippen LogP contribution in [0.3, 0.4) is 0 Å². The summed E-state index contributed by atoms with van der Waals surface area (Å²) in [4.78, 5) is 26.2. The number of carbonyl (C=O) groups is 1. The van der Waals surface area contributed by atoms with Crippen molar-refractivity contribution in [2.45, 2.75) is 51.6 Å². The Balaban J connectivity index is 1.57. The number of hydrogen-bond acceptors (Lipinski definition) is 11. The molecule has 0 aliphatic carbocycles. The number of benzene rings is 2. The average Bonchev–Trinajstić information content (AvgIpc) is 3.48. The first kappa shape index (κ1) is 36.7. The number of imidazole rings is 1. The van der Waals surface area contributed by atoms with Gasteiger partial charge in [0.1, 0.15) is 12.4 Å². The van der Waals surface area contributed by atoms with Crippen molar-refractivity contribution in [1.29, 1.82) is 0 Å². The minimum atomic E-state index is -3.80. The molecular weight excluding hydrogens is 635 g/mol. The minimum absolute atomic E-state index is 0.0790. The van der Waals surface area contributed by atoms with E-state index in [0.717, 1.165) is 11.1 Å². The van der Waals surface area contributed by atoms with Crippen LogP contribution in [-0.4, -0.2) is 81.7 Å². The third kappa shape index (κ3) is 10.7. The Hall–Kier alpha value is -4.17. The van der Waals surface area contributed by atoms with E-state index in [1.54, 1.807) is 30.8 Å². The third-order valence-electron chi connectivity index (χ3n) is 7.22. The molecule has 0 saturated heterocycles. The number of aliphatic hydroxyl groups excluding tert-OH is 1. The first-order valence-corrected chi connectivity index (χ1v) is 17.7. The highest BCUT2D eigenvalue weighted by Crippen LogP contribution is 2.39. The number of aliphatic hydroxyl groups is 1. The second kappa shape index (κ2) is 18.4. The normalized spacial score (nSPS) is 14.6. The van der Waals surface area contributed by atoms with E-state index in [0.29, 0.717) is 36.5 Å². The quantitative estimate of drug-likeness (QED) is 0.0283. The maximum Gasteiger partial charge on any atom is 0.323 e. The lowest BCUT2D eigenvalue weighted by Crippen LogP contribution is -2.48. The monoisotopic (exact) mass is 680 g/mol. The van der Waals surface area contributed by atoms with E-state index in [4.69, 9.17) is 19.9 Å². The largest absolute Gasteiger partial charge is 0.465 e. The summed E-state index contributed by atoms with van der Waals surface area (Å²) in [6.07, 6.45) is 2.18. The van der Waals surface area contributed by atoms with Gasteiger partial charge in [-0.1, -0.05) is 66.7 Å². The number of aromatic nitrogens is 4. The van der Waals surface area contributed by atoms with Crippen molar-refractivity contribution in [2.24, 2.45) is 0 Å². The summed E-state index contributed by atoms with van der Waals surface area (Å²) in [5.74, 6) is 0.00226. The summed E-state index contributed by atoms with van der Waals surface area (Å²) in [6.45, 7) is 8.45. The summed E-state index contributed by atoms with van der Waals surface area (Å²) in [5, 5.41) is 20.2. The number of nitrogens with zero attached hydrogens (tertiary/aromatic N) is 4. The predicted molar refractivity (Wildman–Crippen MR) is 185 cm³/mol. The van der Waals surface area contributed by atoms with Crippen molar-refractivity contribution < 1.29 is 28.7 Å². The van der Waals surface area contributed by atoms with Crippen LogP contribution in [0.25, 0.3) is 11.2 Å². The summed E-state index contributed by atoms with van der Waals surface area (Å²) in [7, 11) is -3.80. The number of anilines is 2. The zero-order valence-electron chi connectivity index (χ0n) is 27.3. The van der Waals surface area contributed by atoms with Crippen molar-refractivity contribution >= 4 is 36.3 Å². The van der Waals surface area contributed by atoms with Crippen LogP contribution in [0, 0.1) is 0 Å². The molecule has 258 valence electrons. The van der Waals surface area contributed by atoms with Gasteiger partial charge in [0.2, 0.25) is 13.4 Å². The molecule has 14 nitrogen and oxygen atoms in total. The van der Waals surface area contributed by atoms with Gasteiger partial charge >= 0.3 is 5.97 Å². The number of nitrogens with one attached hydrogen (secondary N) is 3. The highest BCUT2D eigenvalue weighted by Gasteiger charge is 2.35. The van der Waals surface area contributed by atoms with Gasteiger partial charge in [0.05, 0.1) is 25.6 Å². The number of nitrogens with two attached hydrogens (primary N) is 1. The van der Waals surface area contributed by atoms with Crippen molar-refractivity contribution in [3.05, 3.63) is 90.8 Å². The highest BCUT2D eigenvalue weighted by atomic mass is 31.2. The molecular formula is C33H45N8O6P. The van der Waals surface area contributed by atoms with E-state index in [1.165, 1.54) is 0 Å². The van der Waals surface area contributed by atoms with Gasteiger partial charge in [-0.25, -0.2) is 15.2 Å². The molecule has 4 unspecified atom stereocenters. The maximum absolute atomic E-state index is 14.8. The van der Waals surface area contributed by atoms with E-state index in [9.17, 15) is 14.5 Å². The number of rotatable bonds is 21. The third-order valence-corrected chi connectivity index (χ3v) is 9.24. The lowest BCUT2D eigenvalue weighted by molar-refractivity contribution is -0.145. The molecule has 0 aliphatic heterocycles. The summed E-state index contributed by atoms with van der Waals surface area (Å²) >= 11 is 0. The van der Waals surface area contributed by atoms with Gasteiger partial charge in [0.25, 0.3) is 0 Å². The zero-order chi connectivity index (χ0) is 34.4. The lowest BCUT2D eigenvalue weighted by Gasteiger charge is -2.31. The standard InChI is InChI=1S/C33H45N8O6P/c1-4-17-35-29-28-30(38-33(34)37-29)41(22-36-28)18-19-45-23-48(44,39-26(31(42)46-5-2)20-24-13-9-7-10-14-24)40-27(32(43)47-6-3)21-25-15-11-8-12-16-25/h4,7-16,22,26-27,31,42H,1,5-6,17-21,23H2,2-3H3,(H2,39,40,44)(H3,34,35,37,38). The Morgan fingerprint density at radius 1 is 1.04 bits per heavy atom. The molecule has 4 atom stereocenters. The van der Waals surface area contributed by atoms with Crippen molar-refractivity contribution in [3.8, 4) is 0 Å². The number of hydrogen-bond donors (Lipinski definition) is 5. The number of carbonyl (C=O) groups excluding carboxylic acids is 1. The molecule has 4 rings (SSSR count). The SMILES string of the molecule is C=CCNc1nc(N)nc2c1ncn2CCOCP(=O)(NC(Cc1ccccc1)C(=O)OCC)NC(Cc1ccccc1)C(O)OCC. The van der Waals surface area contributed by atoms with Crippen LogP contribution in [0.2, 0.25) is 0 Å². The van der Waals surface area contributed by atoms with Gasteiger partial charge in [-0.3, -0.25) is 9.36 Å². The van der Waals surface area contributed by atoms with Crippen LogP contribution in [0.4, 0.5) is 11.8 Å². The molecule has 48 heavy (non-hydrogen) atoms. The first-order chi connectivity index (χ1) is 23.2. The Bertz CT molecular complexity index is 1640. The maximum atomic E-state index is 14.8. The Labute approximate surface area is 280 Å². The second-order valence-corrected chi connectivity index (χ2v) is 13.1. The van der Waals surface area contributed by atoms with Crippen LogP contribution in [-0.2, 0) is 43.0 Å². The average molecular weight is 681 g/mol. The molecule has 15 heteroatoms. The lowest BCUT2D eigenvalue weighted by atomic mass is 10.1. The number of fused-ring (bicyclic) bond motifs is 1. The minimum Gasteiger partial charge on any atom is -0.465 e. The summed E-state index contributed by atoms with van der Waals surface area (Å²) in [5.41, 5.74) is 8.73. The highest BCUT2D eigenvalue weighted by molar-refractivity contribution is 7.59. The molecule has 0 spiro atoms. The number of nitrogen functional groups attached to an aromatic ring is 1. The van der Waals surface area contributed by atoms with Crippen molar-refractivity contribution in [1.82, 2.24) is 29.7 Å². The van der Waals surface area contributed by atoms with E-state index in [2.05, 4.69) is 37.0 Å². The van der Waals surface area contributed by atoms with Crippen LogP contribution < -0.4 is 21.2 Å². The molecule has 6 N–H and O–H groups in total. The molecule has 0 aliphatic rings. The molecule has 0 amide bonds. The van der Waals surface area contributed by atoms with Crippen LogP contribution >= 0.6 is 7.44 Å². The fraction of sp³-hybridized carbons (Fsp3) is 0.394. The molecule has 0 saturated carbocycles. The van der Waals surface area contributed by atoms with Crippen molar-refractivity contribution in [2.75, 3.05) is 43.8 Å². The van der Waals surface area contributed by atoms with Crippen LogP contribution in [0.1, 0.15) is 25.0 Å². The topological polar surface area (TPSA) is 188 Å². The fourth-order valence-electron chi connectivity index (χ4n) is 5.04. The van der Waals surface area contributed by atoms with E-state index < -0.39 is 31.8 Å². The first-order valence-electron chi connectivity index (χ1n) is 15.8. The van der Waals surface area contributed by atoms with E-state index in [1.807, 2.05) is 60.7 Å².